The normalized spacial score (nSPS) is 13.4. The third-order valence-corrected chi connectivity index (χ3v) is 5.30. The Morgan fingerprint density at radius 2 is 1.79 bits per heavy atom. The predicted molar refractivity (Wildman–Crippen MR) is 130 cm³/mol. The van der Waals surface area contributed by atoms with E-state index in [1.165, 1.54) is 12.1 Å². The Labute approximate surface area is 199 Å². The summed E-state index contributed by atoms with van der Waals surface area (Å²) in [4.78, 5) is 16.5. The van der Waals surface area contributed by atoms with Crippen LogP contribution in [0.5, 0.6) is 0 Å². The van der Waals surface area contributed by atoms with Crippen molar-refractivity contribution < 1.29 is 24.1 Å². The zero-order chi connectivity index (χ0) is 24.7. The molecule has 1 heterocycles. The van der Waals surface area contributed by atoms with Crippen molar-refractivity contribution in [2.75, 3.05) is 6.61 Å². The molecule has 0 unspecified atom stereocenters. The van der Waals surface area contributed by atoms with Gasteiger partial charge in [0, 0.05) is 17.7 Å². The van der Waals surface area contributed by atoms with Gasteiger partial charge in [-0.1, -0.05) is 50.3 Å². The van der Waals surface area contributed by atoms with E-state index in [0.29, 0.717) is 5.82 Å². The second kappa shape index (κ2) is 11.7. The van der Waals surface area contributed by atoms with Gasteiger partial charge in [0.05, 0.1) is 36.6 Å². The number of rotatable bonds is 10. The largest absolute Gasteiger partial charge is 0.466 e. The van der Waals surface area contributed by atoms with Crippen LogP contribution in [0.3, 0.4) is 0 Å². The highest BCUT2D eigenvalue weighted by molar-refractivity contribution is 5.70. The van der Waals surface area contributed by atoms with Crippen molar-refractivity contribution in [3.8, 4) is 17.1 Å². The van der Waals surface area contributed by atoms with Crippen LogP contribution >= 0.6 is 0 Å². The number of esters is 1. The summed E-state index contributed by atoms with van der Waals surface area (Å²) >= 11 is 0. The molecule has 6 nitrogen and oxygen atoms in total. The minimum atomic E-state index is -1.02. The van der Waals surface area contributed by atoms with Gasteiger partial charge in [-0.2, -0.15) is 0 Å². The van der Waals surface area contributed by atoms with Gasteiger partial charge in [0.25, 0.3) is 0 Å². The summed E-state index contributed by atoms with van der Waals surface area (Å²) in [5.41, 5.74) is 3.20. The molecule has 0 bridgehead atoms. The lowest BCUT2D eigenvalue weighted by molar-refractivity contribution is -0.145. The van der Waals surface area contributed by atoms with Crippen LogP contribution in [0.25, 0.3) is 23.2 Å². The third-order valence-electron chi connectivity index (χ3n) is 5.30. The molecule has 0 fully saturated rings. The molecular weight excluding hydrogens is 435 g/mol. The molecule has 0 amide bonds. The molecule has 0 aliphatic carbocycles. The molecule has 0 aliphatic rings. The van der Waals surface area contributed by atoms with Crippen molar-refractivity contribution in [3.63, 3.8) is 0 Å². The van der Waals surface area contributed by atoms with E-state index in [4.69, 9.17) is 9.72 Å². The fourth-order valence-electron chi connectivity index (χ4n) is 3.72. The fraction of sp³-hybridized carbons (Fsp3) is 0.333. The van der Waals surface area contributed by atoms with Gasteiger partial charge in [0.15, 0.2) is 0 Å². The SMILES string of the molecule is CCOC(=O)C[C@H](O)C[C@@H](O)/C=C/c1c(C(C)C)nc(-c2ccccc2)n1-c1ccc(F)cc1. The van der Waals surface area contributed by atoms with E-state index in [1.54, 1.807) is 31.2 Å². The molecule has 180 valence electrons. The lowest BCUT2D eigenvalue weighted by atomic mass is 10.1. The molecule has 3 aromatic rings. The third kappa shape index (κ3) is 6.40. The Morgan fingerprint density at radius 3 is 2.41 bits per heavy atom. The number of benzene rings is 2. The highest BCUT2D eigenvalue weighted by Crippen LogP contribution is 2.31. The smallest absolute Gasteiger partial charge is 0.308 e. The summed E-state index contributed by atoms with van der Waals surface area (Å²) in [6, 6.07) is 15.9. The van der Waals surface area contributed by atoms with E-state index >= 15 is 0 Å². The second-order valence-electron chi connectivity index (χ2n) is 8.36. The first-order valence-electron chi connectivity index (χ1n) is 11.4. The van der Waals surface area contributed by atoms with Crippen LogP contribution in [0, 0.1) is 5.82 Å². The van der Waals surface area contributed by atoms with Crippen LogP contribution in [0.15, 0.2) is 60.7 Å². The summed E-state index contributed by atoms with van der Waals surface area (Å²) < 4.78 is 20.4. The molecule has 0 aliphatic heterocycles. The first-order valence-corrected chi connectivity index (χ1v) is 11.4. The average molecular weight is 467 g/mol. The molecular formula is C27H31FN2O4. The van der Waals surface area contributed by atoms with Crippen LogP contribution in [0.1, 0.15) is 50.9 Å². The Hall–Kier alpha value is -3.29. The molecule has 0 spiro atoms. The number of carbonyl (C=O) groups is 1. The van der Waals surface area contributed by atoms with Gasteiger partial charge in [-0.05, 0) is 43.2 Å². The minimum absolute atomic E-state index is 0.0114. The molecule has 34 heavy (non-hydrogen) atoms. The number of ether oxygens (including phenoxy) is 1. The molecule has 3 rings (SSSR count). The van der Waals surface area contributed by atoms with Crippen molar-refractivity contribution in [2.24, 2.45) is 0 Å². The number of aromatic nitrogens is 2. The van der Waals surface area contributed by atoms with Gasteiger partial charge in [-0.15, -0.1) is 0 Å². The fourth-order valence-corrected chi connectivity index (χ4v) is 3.72. The van der Waals surface area contributed by atoms with Crippen LogP contribution in [-0.4, -0.2) is 44.5 Å². The van der Waals surface area contributed by atoms with Crippen LogP contribution in [0.4, 0.5) is 4.39 Å². The van der Waals surface area contributed by atoms with Crippen molar-refractivity contribution in [3.05, 3.63) is 77.9 Å². The molecule has 7 heteroatoms. The predicted octanol–water partition coefficient (Wildman–Crippen LogP) is 4.88. The first kappa shape index (κ1) is 25.3. The van der Waals surface area contributed by atoms with E-state index in [0.717, 1.165) is 22.6 Å². The number of halogens is 1. The van der Waals surface area contributed by atoms with Gasteiger partial charge in [0.2, 0.25) is 0 Å². The van der Waals surface area contributed by atoms with E-state index in [2.05, 4.69) is 0 Å². The molecule has 0 radical (unpaired) electrons. The van der Waals surface area contributed by atoms with Gasteiger partial charge in [-0.3, -0.25) is 9.36 Å². The maximum absolute atomic E-state index is 13.6. The lowest BCUT2D eigenvalue weighted by Gasteiger charge is -2.14. The monoisotopic (exact) mass is 466 g/mol. The topological polar surface area (TPSA) is 84.6 Å². The van der Waals surface area contributed by atoms with Crippen molar-refractivity contribution in [2.45, 2.75) is 51.7 Å². The molecule has 1 aromatic heterocycles. The van der Waals surface area contributed by atoms with Gasteiger partial charge >= 0.3 is 5.97 Å². The first-order chi connectivity index (χ1) is 16.3. The van der Waals surface area contributed by atoms with Crippen molar-refractivity contribution >= 4 is 12.0 Å². The second-order valence-corrected chi connectivity index (χ2v) is 8.36. The Balaban J connectivity index is 1.99. The molecule has 2 N–H and O–H groups in total. The van der Waals surface area contributed by atoms with E-state index in [-0.39, 0.29) is 31.2 Å². The summed E-state index contributed by atoms with van der Waals surface area (Å²) in [5.74, 6) is -0.0600. The van der Waals surface area contributed by atoms with Gasteiger partial charge < -0.3 is 14.9 Å². The number of carbonyl (C=O) groups excluding carboxylic acids is 1. The summed E-state index contributed by atoms with van der Waals surface area (Å²) in [6.45, 7) is 6.00. The highest BCUT2D eigenvalue weighted by Gasteiger charge is 2.21. The standard InChI is InChI=1S/C27H31FN2O4/c1-4-34-25(33)17-23(32)16-22(31)14-15-24-26(18(2)3)29-27(19-8-6-5-7-9-19)30(24)21-12-10-20(28)11-13-21/h5-15,18,22-23,31-32H,4,16-17H2,1-3H3/b15-14+/t22-,23+/m0/s1. The number of hydrogen-bond acceptors (Lipinski definition) is 5. The molecule has 2 aromatic carbocycles. The van der Waals surface area contributed by atoms with E-state index < -0.39 is 18.2 Å². The highest BCUT2D eigenvalue weighted by atomic mass is 19.1. The Bertz CT molecular complexity index is 1110. The summed E-state index contributed by atoms with van der Waals surface area (Å²) in [5, 5.41) is 20.6. The van der Waals surface area contributed by atoms with E-state index in [1.807, 2.05) is 48.7 Å². The maximum Gasteiger partial charge on any atom is 0.308 e. The van der Waals surface area contributed by atoms with Crippen LogP contribution in [-0.2, 0) is 9.53 Å². The van der Waals surface area contributed by atoms with Gasteiger partial charge in [0.1, 0.15) is 11.6 Å². The number of imidazole rings is 1. The number of hydrogen-bond donors (Lipinski definition) is 2. The quantitative estimate of drug-likeness (QED) is 0.416. The summed E-state index contributed by atoms with van der Waals surface area (Å²) in [6.07, 6.45) is 1.14. The molecule has 2 atom stereocenters. The van der Waals surface area contributed by atoms with E-state index in [9.17, 15) is 19.4 Å². The Kier molecular flexibility index (Phi) is 8.73. The molecule has 0 saturated carbocycles. The maximum atomic E-state index is 13.6. The lowest BCUT2D eigenvalue weighted by Crippen LogP contribution is -2.20. The van der Waals surface area contributed by atoms with Crippen LogP contribution < -0.4 is 0 Å². The van der Waals surface area contributed by atoms with Crippen molar-refractivity contribution in [1.82, 2.24) is 9.55 Å². The summed E-state index contributed by atoms with van der Waals surface area (Å²) in [7, 11) is 0. The van der Waals surface area contributed by atoms with Crippen molar-refractivity contribution in [1.29, 1.82) is 0 Å². The number of aliphatic hydroxyl groups excluding tert-OH is 2. The number of aliphatic hydroxyl groups is 2. The zero-order valence-corrected chi connectivity index (χ0v) is 19.7. The Morgan fingerprint density at radius 1 is 1.12 bits per heavy atom. The van der Waals surface area contributed by atoms with Gasteiger partial charge in [-0.25, -0.2) is 9.37 Å². The zero-order valence-electron chi connectivity index (χ0n) is 19.7. The molecule has 0 saturated heterocycles. The average Bonchev–Trinajstić information content (AvgIpc) is 3.18. The van der Waals surface area contributed by atoms with Crippen LogP contribution in [0.2, 0.25) is 0 Å². The minimum Gasteiger partial charge on any atom is -0.466 e. The number of nitrogens with zero attached hydrogens (tertiary/aromatic N) is 2.